The Bertz CT molecular complexity index is 557. The van der Waals surface area contributed by atoms with Gasteiger partial charge < -0.3 is 10.2 Å². The maximum Gasteiger partial charge on any atom is 0.325 e. The molecule has 1 unspecified atom stereocenters. The normalized spacial score (nSPS) is 12.3. The van der Waals surface area contributed by atoms with Crippen LogP contribution in [0.5, 0.6) is 0 Å². The van der Waals surface area contributed by atoms with Gasteiger partial charge in [-0.2, -0.15) is 0 Å². The van der Waals surface area contributed by atoms with E-state index in [1.165, 1.54) is 0 Å². The number of carboxylic acids is 1. The number of hydrogen-bond donors (Lipinski definition) is 2. The van der Waals surface area contributed by atoms with Gasteiger partial charge in [-0.25, -0.2) is 0 Å². The van der Waals surface area contributed by atoms with Crippen LogP contribution in [0.3, 0.4) is 0 Å². The third-order valence-corrected chi connectivity index (χ3v) is 3.33. The smallest absolute Gasteiger partial charge is 0.325 e. The predicted octanol–water partition coefficient (Wildman–Crippen LogP) is 2.31. The molecular weight excluding hydrogens is 266 g/mol. The highest BCUT2D eigenvalue weighted by Crippen LogP contribution is 2.23. The zero-order valence-corrected chi connectivity index (χ0v) is 11.7. The molecule has 2 aromatic rings. The fraction of sp³-hybridized carbons (Fsp3) is 0.235. The van der Waals surface area contributed by atoms with Crippen molar-refractivity contribution in [3.8, 4) is 0 Å². The quantitative estimate of drug-likeness (QED) is 0.819. The van der Waals surface area contributed by atoms with Crippen LogP contribution in [0, 0.1) is 0 Å². The molecule has 0 spiro atoms. The summed E-state index contributed by atoms with van der Waals surface area (Å²) in [5, 5.41) is 18.8. The van der Waals surface area contributed by atoms with Gasteiger partial charge in [0.25, 0.3) is 0 Å². The van der Waals surface area contributed by atoms with Gasteiger partial charge in [-0.1, -0.05) is 60.7 Å². The fourth-order valence-corrected chi connectivity index (χ4v) is 2.39. The molecule has 2 rings (SSSR count). The molecule has 2 N–H and O–H groups in total. The average Bonchev–Trinajstić information content (AvgIpc) is 2.49. The zero-order chi connectivity index (χ0) is 15.1. The van der Waals surface area contributed by atoms with Gasteiger partial charge in [0, 0.05) is 13.1 Å². The summed E-state index contributed by atoms with van der Waals surface area (Å²) >= 11 is 0. The van der Waals surface area contributed by atoms with Crippen molar-refractivity contribution in [1.82, 2.24) is 4.90 Å². The van der Waals surface area contributed by atoms with Crippen LogP contribution in [0.15, 0.2) is 60.7 Å². The molecule has 21 heavy (non-hydrogen) atoms. The molecule has 0 fully saturated rings. The first kappa shape index (κ1) is 15.2. The molecule has 0 aliphatic heterocycles. The second-order valence-electron chi connectivity index (χ2n) is 4.83. The van der Waals surface area contributed by atoms with Crippen molar-refractivity contribution in [1.29, 1.82) is 0 Å². The SMILES string of the molecule is O=C(O)C(c1ccccc1)N(CCO)Cc1ccccc1. The molecule has 4 heteroatoms. The van der Waals surface area contributed by atoms with E-state index < -0.39 is 12.0 Å². The van der Waals surface area contributed by atoms with Crippen molar-refractivity contribution in [2.24, 2.45) is 0 Å². The summed E-state index contributed by atoms with van der Waals surface area (Å²) in [6.45, 7) is 0.706. The predicted molar refractivity (Wildman–Crippen MR) is 80.8 cm³/mol. The lowest BCUT2D eigenvalue weighted by molar-refractivity contribution is -0.144. The number of carboxylic acid groups (broad SMARTS) is 1. The Balaban J connectivity index is 2.27. The highest BCUT2D eigenvalue weighted by atomic mass is 16.4. The first-order chi connectivity index (χ1) is 10.2. The molecule has 0 saturated heterocycles. The van der Waals surface area contributed by atoms with Crippen LogP contribution >= 0.6 is 0 Å². The lowest BCUT2D eigenvalue weighted by Gasteiger charge is -2.28. The molecule has 4 nitrogen and oxygen atoms in total. The van der Waals surface area contributed by atoms with Crippen LogP contribution in [0.1, 0.15) is 17.2 Å². The van der Waals surface area contributed by atoms with Crippen molar-refractivity contribution < 1.29 is 15.0 Å². The molecule has 0 aliphatic rings. The van der Waals surface area contributed by atoms with Crippen molar-refractivity contribution >= 4 is 5.97 Å². The van der Waals surface area contributed by atoms with Crippen molar-refractivity contribution in [2.45, 2.75) is 12.6 Å². The Hall–Kier alpha value is -2.17. The van der Waals surface area contributed by atoms with Gasteiger partial charge in [0.05, 0.1) is 6.61 Å². The first-order valence-corrected chi connectivity index (χ1v) is 6.89. The summed E-state index contributed by atoms with van der Waals surface area (Å²) < 4.78 is 0. The summed E-state index contributed by atoms with van der Waals surface area (Å²) in [4.78, 5) is 13.5. The molecule has 1 atom stereocenters. The van der Waals surface area contributed by atoms with E-state index in [1.807, 2.05) is 48.5 Å². The Morgan fingerprint density at radius 1 is 1.00 bits per heavy atom. The number of aliphatic hydroxyl groups excluding tert-OH is 1. The van der Waals surface area contributed by atoms with Crippen LogP contribution in [0.25, 0.3) is 0 Å². The van der Waals surface area contributed by atoms with E-state index in [-0.39, 0.29) is 6.61 Å². The molecule has 0 aliphatic carbocycles. The Kier molecular flexibility index (Phi) is 5.49. The van der Waals surface area contributed by atoms with Gasteiger partial charge in [-0.05, 0) is 11.1 Å². The molecular formula is C17H19NO3. The van der Waals surface area contributed by atoms with E-state index in [0.717, 1.165) is 11.1 Å². The maximum atomic E-state index is 11.7. The van der Waals surface area contributed by atoms with Crippen LogP contribution < -0.4 is 0 Å². The third-order valence-electron chi connectivity index (χ3n) is 3.33. The summed E-state index contributed by atoms with van der Waals surface area (Å²) in [6.07, 6.45) is 0. The largest absolute Gasteiger partial charge is 0.480 e. The third kappa shape index (κ3) is 4.15. The monoisotopic (exact) mass is 285 g/mol. The van der Waals surface area contributed by atoms with Crippen LogP contribution in [-0.4, -0.2) is 34.2 Å². The van der Waals surface area contributed by atoms with Gasteiger partial charge >= 0.3 is 5.97 Å². The molecule has 0 bridgehead atoms. The van der Waals surface area contributed by atoms with Crippen molar-refractivity contribution in [3.63, 3.8) is 0 Å². The number of rotatable bonds is 7. The molecule has 0 radical (unpaired) electrons. The number of aliphatic hydroxyl groups is 1. The number of aliphatic carboxylic acids is 1. The molecule has 0 amide bonds. The minimum atomic E-state index is -0.911. The van der Waals surface area contributed by atoms with Gasteiger partial charge in [-0.3, -0.25) is 9.69 Å². The average molecular weight is 285 g/mol. The van der Waals surface area contributed by atoms with Crippen molar-refractivity contribution in [2.75, 3.05) is 13.2 Å². The lowest BCUT2D eigenvalue weighted by atomic mass is 10.0. The van der Waals surface area contributed by atoms with E-state index >= 15 is 0 Å². The molecule has 0 aromatic heterocycles. The first-order valence-electron chi connectivity index (χ1n) is 6.89. The molecule has 110 valence electrons. The van der Waals surface area contributed by atoms with Gasteiger partial charge in [-0.15, -0.1) is 0 Å². The summed E-state index contributed by atoms with van der Waals surface area (Å²) in [5.74, 6) is -0.911. The van der Waals surface area contributed by atoms with Crippen LogP contribution in [0.4, 0.5) is 0 Å². The maximum absolute atomic E-state index is 11.7. The second kappa shape index (κ2) is 7.57. The minimum absolute atomic E-state index is 0.0799. The highest BCUT2D eigenvalue weighted by Gasteiger charge is 2.26. The second-order valence-corrected chi connectivity index (χ2v) is 4.83. The van der Waals surface area contributed by atoms with Gasteiger partial charge in [0.1, 0.15) is 6.04 Å². The molecule has 0 saturated carbocycles. The summed E-state index contributed by atoms with van der Waals surface area (Å²) in [6, 6.07) is 18.0. The summed E-state index contributed by atoms with van der Waals surface area (Å²) in [7, 11) is 0. The van der Waals surface area contributed by atoms with Crippen molar-refractivity contribution in [3.05, 3.63) is 71.8 Å². The zero-order valence-electron chi connectivity index (χ0n) is 11.7. The van der Waals surface area contributed by atoms with Crippen LogP contribution in [0.2, 0.25) is 0 Å². The topological polar surface area (TPSA) is 60.8 Å². The minimum Gasteiger partial charge on any atom is -0.480 e. The summed E-state index contributed by atoms with van der Waals surface area (Å²) in [5.41, 5.74) is 1.74. The van der Waals surface area contributed by atoms with E-state index in [0.29, 0.717) is 13.1 Å². The van der Waals surface area contributed by atoms with E-state index in [9.17, 15) is 15.0 Å². The molecule has 0 heterocycles. The Morgan fingerprint density at radius 3 is 2.10 bits per heavy atom. The Morgan fingerprint density at radius 2 is 1.57 bits per heavy atom. The number of carbonyl (C=O) groups is 1. The highest BCUT2D eigenvalue weighted by molar-refractivity contribution is 5.75. The van der Waals surface area contributed by atoms with E-state index in [2.05, 4.69) is 0 Å². The van der Waals surface area contributed by atoms with Gasteiger partial charge in [0.15, 0.2) is 0 Å². The number of benzene rings is 2. The molecule has 2 aromatic carbocycles. The Labute approximate surface area is 124 Å². The van der Waals surface area contributed by atoms with E-state index in [4.69, 9.17) is 0 Å². The lowest BCUT2D eigenvalue weighted by Crippen LogP contribution is -2.35. The fourth-order valence-electron chi connectivity index (χ4n) is 2.39. The van der Waals surface area contributed by atoms with E-state index in [1.54, 1.807) is 17.0 Å². The standard InChI is InChI=1S/C17H19NO3/c19-12-11-18(13-14-7-3-1-4-8-14)16(17(20)21)15-9-5-2-6-10-15/h1-10,16,19H,11-13H2,(H,20,21). The number of nitrogens with zero attached hydrogens (tertiary/aromatic N) is 1. The number of hydrogen-bond acceptors (Lipinski definition) is 3. The van der Waals surface area contributed by atoms with Crippen LogP contribution in [-0.2, 0) is 11.3 Å². The van der Waals surface area contributed by atoms with Gasteiger partial charge in [0.2, 0.25) is 0 Å².